The Morgan fingerprint density at radius 1 is 1.46 bits per heavy atom. The molecule has 3 nitrogen and oxygen atoms in total. The van der Waals surface area contributed by atoms with Gasteiger partial charge in [-0.15, -0.1) is 3.89 Å². The van der Waals surface area contributed by atoms with Gasteiger partial charge in [0.05, 0.1) is 5.75 Å². The second kappa shape index (κ2) is 4.37. The summed E-state index contributed by atoms with van der Waals surface area (Å²) in [6.45, 7) is 3.12. The molecular formula is C8H15FO3S. The van der Waals surface area contributed by atoms with E-state index in [4.69, 9.17) is 4.74 Å². The lowest BCUT2D eigenvalue weighted by Gasteiger charge is -2.26. The first-order valence-corrected chi connectivity index (χ1v) is 6.04. The van der Waals surface area contributed by atoms with Crippen LogP contribution in [-0.2, 0) is 15.0 Å². The van der Waals surface area contributed by atoms with Crippen molar-refractivity contribution in [2.24, 2.45) is 11.8 Å². The van der Waals surface area contributed by atoms with Crippen LogP contribution in [0.5, 0.6) is 0 Å². The molecule has 1 aliphatic heterocycles. The summed E-state index contributed by atoms with van der Waals surface area (Å²) in [5.74, 6) is -0.157. The second-order valence-electron chi connectivity index (χ2n) is 3.63. The average Bonchev–Trinajstić information content (AvgIpc) is 2.03. The van der Waals surface area contributed by atoms with E-state index in [0.29, 0.717) is 19.1 Å². The lowest BCUT2D eigenvalue weighted by molar-refractivity contribution is 0.0526. The minimum Gasteiger partial charge on any atom is -0.381 e. The van der Waals surface area contributed by atoms with E-state index in [1.54, 1.807) is 6.92 Å². The maximum Gasteiger partial charge on any atom is 0.302 e. The van der Waals surface area contributed by atoms with Gasteiger partial charge >= 0.3 is 10.2 Å². The van der Waals surface area contributed by atoms with Crippen molar-refractivity contribution in [3.8, 4) is 0 Å². The van der Waals surface area contributed by atoms with E-state index in [1.165, 1.54) is 0 Å². The number of hydrogen-bond acceptors (Lipinski definition) is 3. The number of halogens is 1. The molecule has 5 heteroatoms. The van der Waals surface area contributed by atoms with E-state index in [1.807, 2.05) is 0 Å². The number of ether oxygens (including phenoxy) is 1. The molecule has 0 bridgehead atoms. The third-order valence-corrected chi connectivity index (χ3v) is 3.46. The summed E-state index contributed by atoms with van der Waals surface area (Å²) >= 11 is 0. The Bertz CT molecular complexity index is 244. The molecule has 1 atom stereocenters. The first-order valence-electron chi connectivity index (χ1n) is 4.49. The molecule has 0 spiro atoms. The fraction of sp³-hybridized carbons (Fsp3) is 1.00. The molecule has 0 N–H and O–H groups in total. The topological polar surface area (TPSA) is 43.4 Å². The Labute approximate surface area is 78.5 Å². The minimum atomic E-state index is -4.31. The third kappa shape index (κ3) is 4.04. The zero-order chi connectivity index (χ0) is 9.90. The molecule has 1 saturated heterocycles. The van der Waals surface area contributed by atoms with Crippen molar-refractivity contribution < 1.29 is 17.0 Å². The highest BCUT2D eigenvalue weighted by Gasteiger charge is 2.24. The molecule has 78 valence electrons. The van der Waals surface area contributed by atoms with Crippen LogP contribution in [0.4, 0.5) is 3.89 Å². The van der Waals surface area contributed by atoms with E-state index in [0.717, 1.165) is 12.8 Å². The van der Waals surface area contributed by atoms with Gasteiger partial charge in [-0.3, -0.25) is 0 Å². The van der Waals surface area contributed by atoms with Crippen molar-refractivity contribution in [1.82, 2.24) is 0 Å². The maximum atomic E-state index is 12.3. The van der Waals surface area contributed by atoms with E-state index < -0.39 is 10.2 Å². The Morgan fingerprint density at radius 3 is 2.46 bits per heavy atom. The standard InChI is InChI=1S/C8H15FO3S/c1-7(6-13(9,10)11)8-2-4-12-5-3-8/h7-8H,2-6H2,1H3. The molecule has 1 rings (SSSR count). The fourth-order valence-electron chi connectivity index (χ4n) is 1.73. The van der Waals surface area contributed by atoms with Gasteiger partial charge in [-0.25, -0.2) is 0 Å². The van der Waals surface area contributed by atoms with Gasteiger partial charge in [0.15, 0.2) is 0 Å². The molecule has 0 radical (unpaired) electrons. The van der Waals surface area contributed by atoms with E-state index in [2.05, 4.69) is 0 Å². The molecular weight excluding hydrogens is 195 g/mol. The summed E-state index contributed by atoms with van der Waals surface area (Å²) in [4.78, 5) is 0. The van der Waals surface area contributed by atoms with Crippen LogP contribution in [0, 0.1) is 11.8 Å². The smallest absolute Gasteiger partial charge is 0.302 e. The summed E-state index contributed by atoms with van der Waals surface area (Å²) in [6.07, 6.45) is 1.69. The van der Waals surface area contributed by atoms with Gasteiger partial charge in [0.25, 0.3) is 0 Å². The zero-order valence-corrected chi connectivity index (χ0v) is 8.52. The molecule has 1 fully saturated rings. The Morgan fingerprint density at radius 2 is 2.00 bits per heavy atom. The normalized spacial score (nSPS) is 22.9. The average molecular weight is 210 g/mol. The van der Waals surface area contributed by atoms with Crippen molar-refractivity contribution in [3.05, 3.63) is 0 Å². The van der Waals surface area contributed by atoms with E-state index in [9.17, 15) is 12.3 Å². The van der Waals surface area contributed by atoms with Gasteiger partial charge in [0.2, 0.25) is 0 Å². The molecule has 0 aromatic carbocycles. The highest BCUT2D eigenvalue weighted by Crippen LogP contribution is 2.24. The highest BCUT2D eigenvalue weighted by molar-refractivity contribution is 7.86. The van der Waals surface area contributed by atoms with Crippen molar-refractivity contribution in [3.63, 3.8) is 0 Å². The molecule has 0 aliphatic carbocycles. The quantitative estimate of drug-likeness (QED) is 0.660. The van der Waals surface area contributed by atoms with Crippen LogP contribution in [0.2, 0.25) is 0 Å². The SMILES string of the molecule is CC(CS(=O)(=O)F)C1CCOCC1. The van der Waals surface area contributed by atoms with Crippen molar-refractivity contribution >= 4 is 10.2 Å². The van der Waals surface area contributed by atoms with Crippen molar-refractivity contribution in [1.29, 1.82) is 0 Å². The van der Waals surface area contributed by atoms with Crippen molar-refractivity contribution in [2.45, 2.75) is 19.8 Å². The lowest BCUT2D eigenvalue weighted by Crippen LogP contribution is -2.25. The Balaban J connectivity index is 2.42. The molecule has 0 aromatic rings. The molecule has 0 amide bonds. The van der Waals surface area contributed by atoms with Crippen molar-refractivity contribution in [2.75, 3.05) is 19.0 Å². The molecule has 0 saturated carbocycles. The van der Waals surface area contributed by atoms with Crippen LogP contribution in [-0.4, -0.2) is 27.4 Å². The molecule has 1 unspecified atom stereocenters. The van der Waals surface area contributed by atoms with Crippen LogP contribution >= 0.6 is 0 Å². The first-order chi connectivity index (χ1) is 5.99. The summed E-state index contributed by atoms with van der Waals surface area (Å²) < 4.78 is 38.2. The van der Waals surface area contributed by atoms with Crippen LogP contribution in [0.3, 0.4) is 0 Å². The largest absolute Gasteiger partial charge is 0.381 e. The van der Waals surface area contributed by atoms with Crippen LogP contribution < -0.4 is 0 Å². The fourth-order valence-corrected chi connectivity index (χ4v) is 2.64. The van der Waals surface area contributed by atoms with E-state index in [-0.39, 0.29) is 11.7 Å². The maximum absolute atomic E-state index is 12.3. The van der Waals surface area contributed by atoms with Crippen LogP contribution in [0.15, 0.2) is 0 Å². The summed E-state index contributed by atoms with van der Waals surface area (Å²) in [5, 5.41) is 0. The van der Waals surface area contributed by atoms with Gasteiger partial charge in [0.1, 0.15) is 0 Å². The predicted molar refractivity (Wildman–Crippen MR) is 47.6 cm³/mol. The molecule has 1 aliphatic rings. The lowest BCUT2D eigenvalue weighted by atomic mass is 9.89. The summed E-state index contributed by atoms with van der Waals surface area (Å²) in [6, 6.07) is 0. The second-order valence-corrected chi connectivity index (χ2v) is 5.04. The van der Waals surface area contributed by atoms with Crippen LogP contribution in [0.25, 0.3) is 0 Å². The van der Waals surface area contributed by atoms with Gasteiger partial charge in [-0.1, -0.05) is 6.92 Å². The molecule has 1 heterocycles. The predicted octanol–water partition coefficient (Wildman–Crippen LogP) is 1.35. The number of hydrogen-bond donors (Lipinski definition) is 0. The van der Waals surface area contributed by atoms with Gasteiger partial charge < -0.3 is 4.74 Å². The minimum absolute atomic E-state index is 0.0982. The van der Waals surface area contributed by atoms with Gasteiger partial charge in [0, 0.05) is 13.2 Å². The van der Waals surface area contributed by atoms with E-state index >= 15 is 0 Å². The molecule has 13 heavy (non-hydrogen) atoms. The zero-order valence-electron chi connectivity index (χ0n) is 7.70. The number of rotatable bonds is 3. The first kappa shape index (κ1) is 10.9. The van der Waals surface area contributed by atoms with Crippen LogP contribution in [0.1, 0.15) is 19.8 Å². The molecule has 0 aromatic heterocycles. The monoisotopic (exact) mass is 210 g/mol. The Hall–Kier alpha value is -0.160. The Kier molecular flexibility index (Phi) is 3.67. The van der Waals surface area contributed by atoms with Gasteiger partial charge in [-0.2, -0.15) is 8.42 Å². The highest BCUT2D eigenvalue weighted by atomic mass is 32.3. The summed E-state index contributed by atoms with van der Waals surface area (Å²) in [5.41, 5.74) is 0. The third-order valence-electron chi connectivity index (χ3n) is 2.53. The van der Waals surface area contributed by atoms with Gasteiger partial charge in [-0.05, 0) is 24.7 Å². The summed E-state index contributed by atoms with van der Waals surface area (Å²) in [7, 11) is -4.31.